The van der Waals surface area contributed by atoms with E-state index in [9.17, 15) is 9.59 Å². The van der Waals surface area contributed by atoms with Gasteiger partial charge in [-0.2, -0.15) is 0 Å². The fourth-order valence-corrected chi connectivity index (χ4v) is 2.10. The number of hydrogen-bond acceptors (Lipinski definition) is 2. The summed E-state index contributed by atoms with van der Waals surface area (Å²) in [5.74, 6) is -0.263. The number of carbonyl (C=O) groups excluding carboxylic acids is 2. The largest absolute Gasteiger partial charge is 0.350 e. The number of amides is 2. The molecule has 0 aliphatic heterocycles. The molecule has 0 bridgehead atoms. The van der Waals surface area contributed by atoms with E-state index >= 15 is 0 Å². The van der Waals surface area contributed by atoms with E-state index < -0.39 is 0 Å². The molecule has 2 amide bonds. The summed E-state index contributed by atoms with van der Waals surface area (Å²) in [6, 6.07) is 6.23. The van der Waals surface area contributed by atoms with Gasteiger partial charge in [0.25, 0.3) is 0 Å². The maximum absolute atomic E-state index is 11.8. The molecule has 4 nitrogen and oxygen atoms in total. The second-order valence-electron chi connectivity index (χ2n) is 6.50. The second kappa shape index (κ2) is 7.25. The highest BCUT2D eigenvalue weighted by atomic mass is 16.2. The van der Waals surface area contributed by atoms with Gasteiger partial charge in [0.2, 0.25) is 11.8 Å². The minimum atomic E-state index is -0.277. The molecular weight excluding hydrogens is 264 g/mol. The molecule has 0 atom stereocenters. The van der Waals surface area contributed by atoms with Crippen LogP contribution in [0.2, 0.25) is 0 Å². The molecule has 0 saturated heterocycles. The summed E-state index contributed by atoms with van der Waals surface area (Å²) in [5.41, 5.74) is 3.32. The van der Waals surface area contributed by atoms with Gasteiger partial charge >= 0.3 is 0 Å². The van der Waals surface area contributed by atoms with E-state index in [1.165, 1.54) is 16.7 Å². The molecule has 0 aromatic heterocycles. The lowest BCUT2D eigenvalue weighted by Gasteiger charge is -2.20. The number of carbonyl (C=O) groups is 2. The van der Waals surface area contributed by atoms with E-state index in [-0.39, 0.29) is 23.9 Å². The average molecular weight is 290 g/mol. The van der Waals surface area contributed by atoms with Crippen molar-refractivity contribution in [2.24, 2.45) is 0 Å². The fourth-order valence-electron chi connectivity index (χ4n) is 2.10. The molecule has 1 aromatic rings. The maximum atomic E-state index is 11.8. The first-order valence-electron chi connectivity index (χ1n) is 7.31. The van der Waals surface area contributed by atoms with Gasteiger partial charge in [0.05, 0.1) is 6.54 Å². The number of nitrogens with one attached hydrogen (secondary N) is 2. The molecule has 116 valence electrons. The second-order valence-corrected chi connectivity index (χ2v) is 6.50. The minimum Gasteiger partial charge on any atom is -0.350 e. The van der Waals surface area contributed by atoms with Crippen LogP contribution in [0.5, 0.6) is 0 Å². The number of benzene rings is 1. The quantitative estimate of drug-likeness (QED) is 0.874. The molecule has 0 aliphatic carbocycles. The van der Waals surface area contributed by atoms with Crippen molar-refractivity contribution in [3.63, 3.8) is 0 Å². The van der Waals surface area contributed by atoms with Gasteiger partial charge < -0.3 is 10.6 Å². The van der Waals surface area contributed by atoms with Crippen molar-refractivity contribution in [3.8, 4) is 0 Å². The zero-order valence-electron chi connectivity index (χ0n) is 13.7. The van der Waals surface area contributed by atoms with Crippen molar-refractivity contribution in [1.82, 2.24) is 10.6 Å². The van der Waals surface area contributed by atoms with Gasteiger partial charge in [0.15, 0.2) is 0 Å². The SMILES string of the molecule is Cc1ccc(CCC(=O)NCC(=O)NC(C)(C)C)c(C)c1. The van der Waals surface area contributed by atoms with Gasteiger partial charge in [0, 0.05) is 12.0 Å². The lowest BCUT2D eigenvalue weighted by atomic mass is 10.0. The molecule has 0 saturated carbocycles. The molecule has 0 unspecified atom stereocenters. The molecule has 0 fully saturated rings. The molecule has 0 aliphatic rings. The highest BCUT2D eigenvalue weighted by molar-refractivity contribution is 5.85. The van der Waals surface area contributed by atoms with Crippen molar-refractivity contribution in [2.75, 3.05) is 6.54 Å². The Morgan fingerprint density at radius 2 is 1.76 bits per heavy atom. The summed E-state index contributed by atoms with van der Waals surface area (Å²) < 4.78 is 0. The van der Waals surface area contributed by atoms with Gasteiger partial charge in [-0.25, -0.2) is 0 Å². The van der Waals surface area contributed by atoms with Crippen LogP contribution in [0.4, 0.5) is 0 Å². The molecule has 1 rings (SSSR count). The van der Waals surface area contributed by atoms with Crippen LogP contribution in [0.1, 0.15) is 43.9 Å². The van der Waals surface area contributed by atoms with Crippen LogP contribution >= 0.6 is 0 Å². The zero-order chi connectivity index (χ0) is 16.0. The maximum Gasteiger partial charge on any atom is 0.239 e. The van der Waals surface area contributed by atoms with Gasteiger partial charge in [-0.3, -0.25) is 9.59 Å². The first-order chi connectivity index (χ1) is 9.67. The lowest BCUT2D eigenvalue weighted by Crippen LogP contribution is -2.45. The molecule has 4 heteroatoms. The van der Waals surface area contributed by atoms with E-state index in [4.69, 9.17) is 0 Å². The molecule has 0 radical (unpaired) electrons. The Kier molecular flexibility index (Phi) is 5.94. The summed E-state index contributed by atoms with van der Waals surface area (Å²) in [5, 5.41) is 5.47. The topological polar surface area (TPSA) is 58.2 Å². The third kappa shape index (κ3) is 6.93. The first-order valence-corrected chi connectivity index (χ1v) is 7.31. The summed E-state index contributed by atoms with van der Waals surface area (Å²) in [6.07, 6.45) is 1.09. The Balaban J connectivity index is 2.36. The van der Waals surface area contributed by atoms with Crippen LogP contribution in [-0.2, 0) is 16.0 Å². The minimum absolute atomic E-state index is 0.0307. The van der Waals surface area contributed by atoms with Crippen molar-refractivity contribution < 1.29 is 9.59 Å². The fraction of sp³-hybridized carbons (Fsp3) is 0.529. The average Bonchev–Trinajstić information content (AvgIpc) is 2.33. The van der Waals surface area contributed by atoms with Crippen molar-refractivity contribution in [1.29, 1.82) is 0 Å². The third-order valence-corrected chi connectivity index (χ3v) is 3.08. The Morgan fingerprint density at radius 1 is 1.10 bits per heavy atom. The van der Waals surface area contributed by atoms with Gasteiger partial charge in [-0.1, -0.05) is 23.8 Å². The monoisotopic (exact) mass is 290 g/mol. The standard InChI is InChI=1S/C17H26N2O2/c1-12-6-7-14(13(2)10-12)8-9-15(20)18-11-16(21)19-17(3,4)5/h6-7,10H,8-9,11H2,1-5H3,(H,18,20)(H,19,21). The molecule has 0 heterocycles. The van der Waals surface area contributed by atoms with Crippen LogP contribution in [0, 0.1) is 13.8 Å². The smallest absolute Gasteiger partial charge is 0.239 e. The van der Waals surface area contributed by atoms with Gasteiger partial charge in [0.1, 0.15) is 0 Å². The predicted molar refractivity (Wildman–Crippen MR) is 85.1 cm³/mol. The van der Waals surface area contributed by atoms with Gasteiger partial charge in [-0.05, 0) is 52.2 Å². The van der Waals surface area contributed by atoms with Crippen molar-refractivity contribution >= 4 is 11.8 Å². The highest BCUT2D eigenvalue weighted by Crippen LogP contribution is 2.12. The van der Waals surface area contributed by atoms with E-state index in [1.54, 1.807) is 0 Å². The molecule has 1 aromatic carbocycles. The molecule has 0 spiro atoms. The Hall–Kier alpha value is -1.84. The summed E-state index contributed by atoms with van der Waals surface area (Å²) in [4.78, 5) is 23.4. The Labute approximate surface area is 127 Å². The first kappa shape index (κ1) is 17.2. The van der Waals surface area contributed by atoms with Crippen LogP contribution in [0.15, 0.2) is 18.2 Å². The summed E-state index contributed by atoms with van der Waals surface area (Å²) in [6.45, 7) is 9.87. The van der Waals surface area contributed by atoms with Crippen molar-refractivity contribution in [2.45, 2.75) is 53.0 Å². The third-order valence-electron chi connectivity index (χ3n) is 3.08. The molecule has 2 N–H and O–H groups in total. The Bertz CT molecular complexity index is 516. The normalized spacial score (nSPS) is 11.1. The van der Waals surface area contributed by atoms with E-state index in [2.05, 4.69) is 42.7 Å². The molecule has 21 heavy (non-hydrogen) atoms. The predicted octanol–water partition coefficient (Wildman–Crippen LogP) is 2.27. The zero-order valence-corrected chi connectivity index (χ0v) is 13.7. The van der Waals surface area contributed by atoms with E-state index in [0.717, 1.165) is 0 Å². The van der Waals surface area contributed by atoms with Crippen LogP contribution < -0.4 is 10.6 Å². The Morgan fingerprint density at radius 3 is 2.33 bits per heavy atom. The van der Waals surface area contributed by atoms with Crippen LogP contribution in [-0.4, -0.2) is 23.9 Å². The van der Waals surface area contributed by atoms with Gasteiger partial charge in [-0.15, -0.1) is 0 Å². The summed E-state index contributed by atoms with van der Waals surface area (Å²) in [7, 11) is 0. The van der Waals surface area contributed by atoms with E-state index in [0.29, 0.717) is 12.8 Å². The van der Waals surface area contributed by atoms with E-state index in [1.807, 2.05) is 20.8 Å². The highest BCUT2D eigenvalue weighted by Gasteiger charge is 2.14. The van der Waals surface area contributed by atoms with Crippen molar-refractivity contribution in [3.05, 3.63) is 34.9 Å². The number of hydrogen-bond donors (Lipinski definition) is 2. The number of aryl methyl sites for hydroxylation is 3. The molecular formula is C17H26N2O2. The van der Waals surface area contributed by atoms with Crippen LogP contribution in [0.25, 0.3) is 0 Å². The van der Waals surface area contributed by atoms with Crippen LogP contribution in [0.3, 0.4) is 0 Å². The number of rotatable bonds is 5. The lowest BCUT2D eigenvalue weighted by molar-refractivity contribution is -0.126. The summed E-state index contributed by atoms with van der Waals surface area (Å²) >= 11 is 0.